The maximum Gasteiger partial charge on any atom is 0.407 e. The fourth-order valence-electron chi connectivity index (χ4n) is 2.14. The van der Waals surface area contributed by atoms with Crippen LogP contribution in [0.1, 0.15) is 52.2 Å². The van der Waals surface area contributed by atoms with E-state index in [0.717, 1.165) is 18.1 Å². The van der Waals surface area contributed by atoms with Gasteiger partial charge in [0, 0.05) is 19.2 Å². The number of alkyl carbamates (subject to hydrolysis) is 1. The minimum absolute atomic E-state index is 0.386. The molecule has 0 spiro atoms. The summed E-state index contributed by atoms with van der Waals surface area (Å²) < 4.78 is 29.5. The number of hydrogen-bond donors (Lipinski definition) is 2. The first-order valence-electron chi connectivity index (χ1n) is 10.4. The molecule has 2 N–H and O–H groups in total. The first-order chi connectivity index (χ1) is 14.7. The lowest BCUT2D eigenvalue weighted by atomic mass is 10.2. The van der Waals surface area contributed by atoms with Gasteiger partial charge in [-0.2, -0.15) is 0 Å². The molecule has 2 rings (SSSR count). The van der Waals surface area contributed by atoms with Crippen LogP contribution in [0.15, 0.2) is 48.5 Å². The van der Waals surface area contributed by atoms with Gasteiger partial charge >= 0.3 is 6.09 Å². The van der Waals surface area contributed by atoms with Crippen molar-refractivity contribution < 1.29 is 23.1 Å². The van der Waals surface area contributed by atoms with Crippen LogP contribution >= 0.6 is 0 Å². The van der Waals surface area contributed by atoms with E-state index in [2.05, 4.69) is 10.8 Å². The number of halogens is 2. The highest BCUT2D eigenvalue weighted by Gasteiger charge is 2.15. The molecule has 0 atom stereocenters. The summed E-state index contributed by atoms with van der Waals surface area (Å²) in [5.41, 5.74) is 4.13. The molecule has 0 unspecified atom stereocenters. The molecular weight excluding hydrogens is 402 g/mol. The minimum atomic E-state index is -0.521. The van der Waals surface area contributed by atoms with Gasteiger partial charge in [0.2, 0.25) is 0 Å². The Balaban J connectivity index is 0.000000679. The standard InChI is InChI=1S/C15H24N2O3.C7H6F2.C2H6/c1-15(2,3)20-14(18)16-10-7-11-17-19-12-13-8-5-4-6-9-13;1-5-2-6(8)4-7(9)3-5;1-2/h4-6,8-9,17H,7,10-12H2,1-3H3,(H,16,18);2-4H,1H3;1-2H3. The summed E-state index contributed by atoms with van der Waals surface area (Å²) in [4.78, 5) is 16.7. The number of ether oxygens (including phenoxy) is 1. The van der Waals surface area contributed by atoms with Crippen molar-refractivity contribution in [2.75, 3.05) is 13.1 Å². The zero-order chi connectivity index (χ0) is 23.7. The van der Waals surface area contributed by atoms with Gasteiger partial charge in [-0.25, -0.2) is 19.1 Å². The molecule has 1 amide bonds. The second-order valence-corrected chi connectivity index (χ2v) is 7.40. The quantitative estimate of drug-likeness (QED) is 0.416. The predicted octanol–water partition coefficient (Wildman–Crippen LogP) is 5.92. The molecule has 0 saturated heterocycles. The molecule has 2 aromatic rings. The smallest absolute Gasteiger partial charge is 0.407 e. The predicted molar refractivity (Wildman–Crippen MR) is 121 cm³/mol. The van der Waals surface area contributed by atoms with E-state index < -0.39 is 17.2 Å². The molecule has 0 aromatic heterocycles. The van der Waals surface area contributed by atoms with E-state index in [9.17, 15) is 13.6 Å². The Bertz CT molecular complexity index is 685. The van der Waals surface area contributed by atoms with E-state index in [1.165, 1.54) is 12.1 Å². The lowest BCUT2D eigenvalue weighted by molar-refractivity contribution is 0.0269. The number of hydroxylamine groups is 1. The van der Waals surface area contributed by atoms with Crippen molar-refractivity contribution in [3.05, 3.63) is 71.3 Å². The topological polar surface area (TPSA) is 59.6 Å². The van der Waals surface area contributed by atoms with Gasteiger partial charge in [0.15, 0.2) is 0 Å². The van der Waals surface area contributed by atoms with Crippen LogP contribution in [0.3, 0.4) is 0 Å². The molecule has 5 nitrogen and oxygen atoms in total. The van der Waals surface area contributed by atoms with Crippen LogP contribution in [0, 0.1) is 18.6 Å². The third-order valence-electron chi connectivity index (χ3n) is 3.31. The van der Waals surface area contributed by atoms with Crippen LogP contribution in [-0.2, 0) is 16.2 Å². The molecule has 0 fully saturated rings. The zero-order valence-electron chi connectivity index (χ0n) is 19.4. The average molecular weight is 439 g/mol. The van der Waals surface area contributed by atoms with E-state index >= 15 is 0 Å². The Kier molecular flexibility index (Phi) is 14.9. The van der Waals surface area contributed by atoms with E-state index in [0.29, 0.717) is 25.3 Å². The second-order valence-electron chi connectivity index (χ2n) is 7.40. The number of carbonyl (C=O) groups is 1. The molecule has 0 aliphatic rings. The summed E-state index contributed by atoms with van der Waals surface area (Å²) >= 11 is 0. The fraction of sp³-hybridized carbons (Fsp3) is 0.458. The molecule has 0 saturated carbocycles. The van der Waals surface area contributed by atoms with Crippen molar-refractivity contribution in [1.29, 1.82) is 0 Å². The van der Waals surface area contributed by atoms with Crippen LogP contribution in [0.2, 0.25) is 0 Å². The molecule has 31 heavy (non-hydrogen) atoms. The van der Waals surface area contributed by atoms with Gasteiger partial charge in [0.25, 0.3) is 0 Å². The van der Waals surface area contributed by atoms with Gasteiger partial charge in [0.05, 0.1) is 6.61 Å². The maximum atomic E-state index is 12.2. The Labute approximate surface area is 185 Å². The van der Waals surface area contributed by atoms with Crippen molar-refractivity contribution in [3.63, 3.8) is 0 Å². The van der Waals surface area contributed by atoms with E-state index in [4.69, 9.17) is 9.57 Å². The lowest BCUT2D eigenvalue weighted by Gasteiger charge is -2.19. The van der Waals surface area contributed by atoms with Crippen molar-refractivity contribution in [3.8, 4) is 0 Å². The molecule has 0 aliphatic heterocycles. The van der Waals surface area contributed by atoms with Gasteiger partial charge in [-0.05, 0) is 57.4 Å². The number of hydrogen-bond acceptors (Lipinski definition) is 4. The molecular formula is C24H36F2N2O3. The molecule has 0 heterocycles. The summed E-state index contributed by atoms with van der Waals surface area (Å²) in [6, 6.07) is 13.3. The summed E-state index contributed by atoms with van der Waals surface area (Å²) in [6.45, 7) is 12.9. The number of rotatable bonds is 7. The van der Waals surface area contributed by atoms with Crippen molar-refractivity contribution in [2.45, 2.75) is 60.2 Å². The summed E-state index contributed by atoms with van der Waals surface area (Å²) in [5.74, 6) is -1.04. The lowest BCUT2D eigenvalue weighted by Crippen LogP contribution is -2.33. The summed E-state index contributed by atoms with van der Waals surface area (Å²) in [7, 11) is 0. The third kappa shape index (κ3) is 16.9. The fourth-order valence-corrected chi connectivity index (χ4v) is 2.14. The van der Waals surface area contributed by atoms with Gasteiger partial charge in [-0.1, -0.05) is 44.2 Å². The normalized spacial score (nSPS) is 10.2. The van der Waals surface area contributed by atoms with Crippen LogP contribution in [0.5, 0.6) is 0 Å². The van der Waals surface area contributed by atoms with Gasteiger partial charge in [-0.3, -0.25) is 4.84 Å². The Morgan fingerprint density at radius 1 is 0.968 bits per heavy atom. The Morgan fingerprint density at radius 2 is 1.55 bits per heavy atom. The van der Waals surface area contributed by atoms with Crippen molar-refractivity contribution in [2.24, 2.45) is 0 Å². The Hall–Kier alpha value is -2.51. The van der Waals surface area contributed by atoms with E-state index in [1.54, 1.807) is 6.92 Å². The van der Waals surface area contributed by atoms with Gasteiger partial charge in [0.1, 0.15) is 17.2 Å². The first kappa shape index (κ1) is 28.5. The molecule has 0 radical (unpaired) electrons. The summed E-state index contributed by atoms with van der Waals surface area (Å²) in [6.07, 6.45) is 0.385. The van der Waals surface area contributed by atoms with Crippen molar-refractivity contribution >= 4 is 6.09 Å². The molecule has 0 bridgehead atoms. The second kappa shape index (κ2) is 16.2. The van der Waals surface area contributed by atoms with Crippen LogP contribution in [-0.4, -0.2) is 24.8 Å². The highest BCUT2D eigenvalue weighted by atomic mass is 19.1. The highest BCUT2D eigenvalue weighted by Crippen LogP contribution is 2.06. The molecule has 2 aromatic carbocycles. The Morgan fingerprint density at radius 3 is 2.06 bits per heavy atom. The number of benzene rings is 2. The highest BCUT2D eigenvalue weighted by molar-refractivity contribution is 5.67. The number of aryl methyl sites for hydroxylation is 1. The largest absolute Gasteiger partial charge is 0.444 e. The van der Waals surface area contributed by atoms with Crippen LogP contribution in [0.25, 0.3) is 0 Å². The number of carbonyl (C=O) groups excluding carboxylic acids is 1. The zero-order valence-corrected chi connectivity index (χ0v) is 19.4. The van der Waals surface area contributed by atoms with E-state index in [-0.39, 0.29) is 6.09 Å². The van der Waals surface area contributed by atoms with Gasteiger partial charge in [-0.15, -0.1) is 0 Å². The summed E-state index contributed by atoms with van der Waals surface area (Å²) in [5, 5.41) is 2.69. The number of nitrogens with one attached hydrogen (secondary N) is 2. The van der Waals surface area contributed by atoms with Gasteiger partial charge < -0.3 is 10.1 Å². The first-order valence-corrected chi connectivity index (χ1v) is 10.4. The average Bonchev–Trinajstić information content (AvgIpc) is 2.67. The molecule has 0 aliphatic carbocycles. The number of amides is 1. The SMILES string of the molecule is CC.CC(C)(C)OC(=O)NCCCNOCc1ccccc1.Cc1cc(F)cc(F)c1. The van der Waals surface area contributed by atoms with Crippen molar-refractivity contribution in [1.82, 2.24) is 10.8 Å². The third-order valence-corrected chi connectivity index (χ3v) is 3.31. The molecule has 7 heteroatoms. The van der Waals surface area contributed by atoms with Crippen LogP contribution < -0.4 is 10.8 Å². The molecule has 174 valence electrons. The maximum absolute atomic E-state index is 12.2. The van der Waals surface area contributed by atoms with E-state index in [1.807, 2.05) is 65.0 Å². The minimum Gasteiger partial charge on any atom is -0.444 e. The van der Waals surface area contributed by atoms with Crippen LogP contribution in [0.4, 0.5) is 13.6 Å². The monoisotopic (exact) mass is 438 g/mol.